The van der Waals surface area contributed by atoms with Crippen molar-refractivity contribution in [2.24, 2.45) is 0 Å². The molecule has 2 aliphatic rings. The summed E-state index contributed by atoms with van der Waals surface area (Å²) >= 11 is 0. The summed E-state index contributed by atoms with van der Waals surface area (Å²) < 4.78 is 1.07. The first kappa shape index (κ1) is 10.9. The Kier molecular flexibility index (Phi) is 2.96. The van der Waals surface area contributed by atoms with E-state index in [-0.39, 0.29) is 0 Å². The van der Waals surface area contributed by atoms with Gasteiger partial charge in [-0.3, -0.25) is 4.79 Å². The molecular weight excluding hydrogens is 186 g/mol. The second-order valence-corrected chi connectivity index (χ2v) is 5.53. The summed E-state index contributed by atoms with van der Waals surface area (Å²) in [5.74, 6) is 0.403. The van der Waals surface area contributed by atoms with E-state index < -0.39 is 0 Å². The molecule has 1 saturated carbocycles. The van der Waals surface area contributed by atoms with Crippen LogP contribution in [0.4, 0.5) is 0 Å². The molecule has 1 atom stereocenters. The maximum absolute atomic E-state index is 11.6. The third-order valence-corrected chi connectivity index (χ3v) is 3.98. The molecule has 1 unspecified atom stereocenters. The second-order valence-electron chi connectivity index (χ2n) is 5.53. The molecule has 2 heteroatoms. The van der Waals surface area contributed by atoms with E-state index in [9.17, 15) is 4.79 Å². The molecule has 1 aliphatic heterocycles. The number of ketones is 1. The first-order valence-electron chi connectivity index (χ1n) is 6.16. The number of hydrogen-bond donors (Lipinski definition) is 0. The molecule has 0 spiro atoms. The second kappa shape index (κ2) is 4.09. The number of allylic oxidation sites excluding steroid dienone is 1. The first-order valence-corrected chi connectivity index (χ1v) is 6.16. The third-order valence-electron chi connectivity index (χ3n) is 3.98. The van der Waals surface area contributed by atoms with Crippen molar-refractivity contribution in [1.82, 2.24) is 0 Å². The van der Waals surface area contributed by atoms with Gasteiger partial charge in [-0.15, -0.1) is 0 Å². The Morgan fingerprint density at radius 2 is 2.00 bits per heavy atom. The van der Waals surface area contributed by atoms with Gasteiger partial charge in [-0.05, 0) is 37.3 Å². The Bertz CT molecular complexity index is 291. The SMILES string of the molecule is C[N+]1(C)CCCCC1/C=C1\CCCC1=O. The van der Waals surface area contributed by atoms with Gasteiger partial charge in [-0.1, -0.05) is 0 Å². The summed E-state index contributed by atoms with van der Waals surface area (Å²) in [5, 5.41) is 0. The van der Waals surface area contributed by atoms with E-state index in [2.05, 4.69) is 20.2 Å². The van der Waals surface area contributed by atoms with Gasteiger partial charge in [-0.25, -0.2) is 0 Å². The van der Waals surface area contributed by atoms with Crippen molar-refractivity contribution in [3.05, 3.63) is 11.6 Å². The molecule has 0 bridgehead atoms. The van der Waals surface area contributed by atoms with Crippen molar-refractivity contribution in [1.29, 1.82) is 0 Å². The van der Waals surface area contributed by atoms with Crippen LogP contribution in [0.3, 0.4) is 0 Å². The van der Waals surface area contributed by atoms with Gasteiger partial charge in [0.25, 0.3) is 0 Å². The molecule has 0 N–H and O–H groups in total. The average molecular weight is 208 g/mol. The lowest BCUT2D eigenvalue weighted by molar-refractivity contribution is -0.913. The fourth-order valence-corrected chi connectivity index (χ4v) is 2.82. The predicted octanol–water partition coefficient (Wildman–Crippen LogP) is 2.29. The quantitative estimate of drug-likeness (QED) is 0.477. The molecule has 0 aromatic heterocycles. The first-order chi connectivity index (χ1) is 7.09. The number of hydrogen-bond acceptors (Lipinski definition) is 1. The number of Topliss-reactive ketones (excluding diaryl/α,β-unsaturated/α-hetero) is 1. The zero-order chi connectivity index (χ0) is 10.9. The van der Waals surface area contributed by atoms with Gasteiger partial charge in [-0.2, -0.15) is 0 Å². The lowest BCUT2D eigenvalue weighted by Gasteiger charge is -2.40. The number of likely N-dealkylation sites (tertiary alicyclic amines) is 1. The van der Waals surface area contributed by atoms with Gasteiger partial charge in [0, 0.05) is 12.8 Å². The molecule has 84 valence electrons. The van der Waals surface area contributed by atoms with E-state index in [4.69, 9.17) is 0 Å². The van der Waals surface area contributed by atoms with Crippen LogP contribution in [-0.2, 0) is 4.79 Å². The van der Waals surface area contributed by atoms with Crippen molar-refractivity contribution in [2.45, 2.75) is 44.6 Å². The molecule has 1 heterocycles. The van der Waals surface area contributed by atoms with E-state index in [1.165, 1.54) is 25.8 Å². The minimum atomic E-state index is 0.403. The Balaban J connectivity index is 2.12. The summed E-state index contributed by atoms with van der Waals surface area (Å²) in [5.41, 5.74) is 1.12. The molecule has 0 amide bonds. The van der Waals surface area contributed by atoms with Gasteiger partial charge < -0.3 is 4.48 Å². The number of carbonyl (C=O) groups excluding carboxylic acids is 1. The molecule has 1 saturated heterocycles. The molecule has 2 nitrogen and oxygen atoms in total. The topological polar surface area (TPSA) is 17.1 Å². The zero-order valence-corrected chi connectivity index (χ0v) is 9.96. The van der Waals surface area contributed by atoms with Crippen LogP contribution in [0, 0.1) is 0 Å². The zero-order valence-electron chi connectivity index (χ0n) is 9.96. The van der Waals surface area contributed by atoms with Gasteiger partial charge in [0.05, 0.1) is 20.6 Å². The predicted molar refractivity (Wildman–Crippen MR) is 61.6 cm³/mol. The number of likely N-dealkylation sites (N-methyl/N-ethyl adjacent to an activating group) is 1. The van der Waals surface area contributed by atoms with E-state index in [1.54, 1.807) is 0 Å². The van der Waals surface area contributed by atoms with Crippen LogP contribution in [-0.4, -0.2) is 36.9 Å². The summed E-state index contributed by atoms with van der Waals surface area (Å²) in [6.45, 7) is 1.25. The van der Waals surface area contributed by atoms with Crippen molar-refractivity contribution < 1.29 is 9.28 Å². The summed E-state index contributed by atoms with van der Waals surface area (Å²) in [7, 11) is 4.58. The lowest BCUT2D eigenvalue weighted by atomic mass is 9.97. The largest absolute Gasteiger partial charge is 0.323 e. The number of carbonyl (C=O) groups is 1. The summed E-state index contributed by atoms with van der Waals surface area (Å²) in [6.07, 6.45) is 9.08. The van der Waals surface area contributed by atoms with E-state index in [0.29, 0.717) is 11.8 Å². The lowest BCUT2D eigenvalue weighted by Crippen LogP contribution is -2.51. The number of rotatable bonds is 1. The smallest absolute Gasteiger partial charge is 0.158 e. The van der Waals surface area contributed by atoms with Crippen LogP contribution < -0.4 is 0 Å². The van der Waals surface area contributed by atoms with E-state index in [1.807, 2.05) is 0 Å². The highest BCUT2D eigenvalue weighted by atomic mass is 16.1. The molecule has 2 rings (SSSR count). The number of quaternary nitrogens is 1. The molecule has 0 radical (unpaired) electrons. The Morgan fingerprint density at radius 3 is 2.60 bits per heavy atom. The number of nitrogens with zero attached hydrogens (tertiary/aromatic N) is 1. The summed E-state index contributed by atoms with van der Waals surface area (Å²) in [4.78, 5) is 11.6. The third kappa shape index (κ3) is 2.31. The van der Waals surface area contributed by atoms with Crippen LogP contribution in [0.5, 0.6) is 0 Å². The van der Waals surface area contributed by atoms with Crippen LogP contribution in [0.25, 0.3) is 0 Å². The molecule has 2 fully saturated rings. The van der Waals surface area contributed by atoms with Crippen LogP contribution >= 0.6 is 0 Å². The molecule has 15 heavy (non-hydrogen) atoms. The van der Waals surface area contributed by atoms with Gasteiger partial charge >= 0.3 is 0 Å². The minimum absolute atomic E-state index is 0.403. The van der Waals surface area contributed by atoms with Crippen LogP contribution in [0.15, 0.2) is 11.6 Å². The van der Waals surface area contributed by atoms with Crippen molar-refractivity contribution in [2.75, 3.05) is 20.6 Å². The average Bonchev–Trinajstić information content (AvgIpc) is 2.56. The summed E-state index contributed by atoms with van der Waals surface area (Å²) in [6, 6.07) is 0.579. The van der Waals surface area contributed by atoms with Crippen LogP contribution in [0.1, 0.15) is 38.5 Å². The monoisotopic (exact) mass is 208 g/mol. The molecule has 0 aromatic rings. The van der Waals surface area contributed by atoms with Gasteiger partial charge in [0.15, 0.2) is 5.78 Å². The highest BCUT2D eigenvalue weighted by molar-refractivity contribution is 5.97. The van der Waals surface area contributed by atoms with Gasteiger partial charge in [0.2, 0.25) is 0 Å². The fourth-order valence-electron chi connectivity index (χ4n) is 2.82. The van der Waals surface area contributed by atoms with E-state index in [0.717, 1.165) is 29.3 Å². The standard InChI is InChI=1S/C13H22NO/c1-14(2)9-4-3-7-12(14)10-11-6-5-8-13(11)15/h10,12H,3-9H2,1-2H3/q+1/b11-10+. The molecule has 0 aromatic carbocycles. The van der Waals surface area contributed by atoms with Crippen molar-refractivity contribution in [3.8, 4) is 0 Å². The highest BCUT2D eigenvalue weighted by Gasteiger charge is 2.31. The van der Waals surface area contributed by atoms with E-state index >= 15 is 0 Å². The maximum atomic E-state index is 11.6. The Morgan fingerprint density at radius 1 is 1.20 bits per heavy atom. The minimum Gasteiger partial charge on any atom is -0.323 e. The molecule has 1 aliphatic carbocycles. The van der Waals surface area contributed by atoms with Crippen molar-refractivity contribution in [3.63, 3.8) is 0 Å². The number of piperidine rings is 1. The van der Waals surface area contributed by atoms with Crippen LogP contribution in [0.2, 0.25) is 0 Å². The molecular formula is C13H22NO+. The van der Waals surface area contributed by atoms with Crippen molar-refractivity contribution >= 4 is 5.78 Å². The normalized spacial score (nSPS) is 33.6. The Labute approximate surface area is 92.5 Å². The highest BCUT2D eigenvalue weighted by Crippen LogP contribution is 2.27. The Hall–Kier alpha value is -0.630. The van der Waals surface area contributed by atoms with Gasteiger partial charge in [0.1, 0.15) is 6.04 Å². The maximum Gasteiger partial charge on any atom is 0.158 e. The fraction of sp³-hybridized carbons (Fsp3) is 0.769.